The van der Waals surface area contributed by atoms with Crippen LogP contribution in [0, 0.1) is 5.92 Å². The summed E-state index contributed by atoms with van der Waals surface area (Å²) >= 11 is 1.96. The average Bonchev–Trinajstić information content (AvgIpc) is 2.61. The summed E-state index contributed by atoms with van der Waals surface area (Å²) < 4.78 is 1.59. The highest BCUT2D eigenvalue weighted by molar-refractivity contribution is 14.1. The lowest BCUT2D eigenvalue weighted by molar-refractivity contribution is -0.118. The normalized spacial score (nSPS) is 11.1. The Labute approximate surface area is 110 Å². The summed E-state index contributed by atoms with van der Waals surface area (Å²) in [7, 11) is 0. The van der Waals surface area contributed by atoms with E-state index in [-0.39, 0.29) is 28.8 Å². The minimum absolute atomic E-state index is 0.139. The van der Waals surface area contributed by atoms with E-state index in [1.165, 1.54) is 6.33 Å². The Morgan fingerprint density at radius 1 is 1.59 bits per heavy atom. The Bertz CT molecular complexity index is 630. The van der Waals surface area contributed by atoms with Gasteiger partial charge in [0.05, 0.1) is 22.9 Å². The van der Waals surface area contributed by atoms with Crippen molar-refractivity contribution in [3.63, 3.8) is 0 Å². The second-order valence-electron chi connectivity index (χ2n) is 3.79. The number of nitrogens with zero attached hydrogens (tertiary/aromatic N) is 3. The Hall–Kier alpha value is -1.45. The van der Waals surface area contributed by atoms with Gasteiger partial charge in [0.15, 0.2) is 11.2 Å². The number of anilines is 1. The van der Waals surface area contributed by atoms with Gasteiger partial charge in [0.2, 0.25) is 11.9 Å². The van der Waals surface area contributed by atoms with E-state index in [4.69, 9.17) is 0 Å². The van der Waals surface area contributed by atoms with Gasteiger partial charge in [-0.2, -0.15) is 4.98 Å². The van der Waals surface area contributed by atoms with Gasteiger partial charge < -0.3 is 0 Å². The van der Waals surface area contributed by atoms with Crippen molar-refractivity contribution in [3.8, 4) is 0 Å². The van der Waals surface area contributed by atoms with Gasteiger partial charge in [-0.05, 0) is 0 Å². The fourth-order valence-corrected chi connectivity index (χ4v) is 1.66. The standard InChI is InChI=1S/C9H10IN5O2/c1-4(2)7(16)13-9-12-6-5(8(17)14-9)11-3-15(6)10/h3-4H,1-2H3,(H2,12,13,14,16,17). The topological polar surface area (TPSA) is 92.7 Å². The molecule has 0 aliphatic carbocycles. The summed E-state index contributed by atoms with van der Waals surface area (Å²) in [6.07, 6.45) is 1.49. The summed E-state index contributed by atoms with van der Waals surface area (Å²) in [6.45, 7) is 3.52. The highest BCUT2D eigenvalue weighted by Crippen LogP contribution is 2.10. The molecule has 0 bridgehead atoms. The van der Waals surface area contributed by atoms with Crippen LogP contribution >= 0.6 is 22.9 Å². The van der Waals surface area contributed by atoms with Crippen molar-refractivity contribution < 1.29 is 4.79 Å². The van der Waals surface area contributed by atoms with E-state index in [0.717, 1.165) is 0 Å². The lowest BCUT2D eigenvalue weighted by Gasteiger charge is -2.06. The van der Waals surface area contributed by atoms with Gasteiger partial charge in [-0.3, -0.25) is 22.7 Å². The molecule has 0 aliphatic heterocycles. The molecule has 17 heavy (non-hydrogen) atoms. The molecular formula is C9H10IN5O2. The van der Waals surface area contributed by atoms with Crippen LogP contribution in [0.25, 0.3) is 11.2 Å². The zero-order valence-electron chi connectivity index (χ0n) is 9.19. The molecule has 7 nitrogen and oxygen atoms in total. The highest BCUT2D eigenvalue weighted by Gasteiger charge is 2.12. The maximum Gasteiger partial charge on any atom is 0.280 e. The monoisotopic (exact) mass is 347 g/mol. The van der Waals surface area contributed by atoms with Crippen LogP contribution in [0.5, 0.6) is 0 Å². The predicted molar refractivity (Wildman–Crippen MR) is 71.0 cm³/mol. The number of nitrogens with one attached hydrogen (secondary N) is 2. The first-order chi connectivity index (χ1) is 7.99. The fraction of sp³-hybridized carbons (Fsp3) is 0.333. The lowest BCUT2D eigenvalue weighted by Crippen LogP contribution is -2.22. The first-order valence-corrected chi connectivity index (χ1v) is 5.90. The predicted octanol–water partition coefficient (Wildman–Crippen LogP) is 0.912. The quantitative estimate of drug-likeness (QED) is 0.790. The minimum Gasteiger partial charge on any atom is -0.296 e. The molecule has 2 aromatic heterocycles. The summed E-state index contributed by atoms with van der Waals surface area (Å²) in [6, 6.07) is 0. The second kappa shape index (κ2) is 4.43. The first-order valence-electron chi connectivity index (χ1n) is 4.93. The van der Waals surface area contributed by atoms with E-state index in [1.807, 2.05) is 22.9 Å². The van der Waals surface area contributed by atoms with Crippen molar-refractivity contribution in [3.05, 3.63) is 16.7 Å². The van der Waals surface area contributed by atoms with Crippen molar-refractivity contribution in [2.24, 2.45) is 5.92 Å². The van der Waals surface area contributed by atoms with Gasteiger partial charge in [-0.1, -0.05) is 13.8 Å². The van der Waals surface area contributed by atoms with Crippen LogP contribution < -0.4 is 10.9 Å². The zero-order valence-corrected chi connectivity index (χ0v) is 11.3. The molecule has 90 valence electrons. The molecule has 0 aromatic carbocycles. The maximum absolute atomic E-state index is 11.6. The third-order valence-electron chi connectivity index (χ3n) is 2.13. The SMILES string of the molecule is CC(C)C(=O)Nc1nc2c(ncn2I)c(=O)[nH]1. The summed E-state index contributed by atoms with van der Waals surface area (Å²) in [5.41, 5.74) is 0.305. The van der Waals surface area contributed by atoms with Crippen LogP contribution in [-0.2, 0) is 4.79 Å². The van der Waals surface area contributed by atoms with Crippen molar-refractivity contribution in [1.82, 2.24) is 17.7 Å². The third kappa shape index (κ3) is 2.30. The molecule has 2 N–H and O–H groups in total. The minimum atomic E-state index is -0.371. The van der Waals surface area contributed by atoms with Crippen LogP contribution in [0.1, 0.15) is 13.8 Å². The van der Waals surface area contributed by atoms with E-state index in [9.17, 15) is 9.59 Å². The fourth-order valence-electron chi connectivity index (χ4n) is 1.20. The summed E-state index contributed by atoms with van der Waals surface area (Å²) in [5, 5.41) is 2.54. The molecule has 2 aromatic rings. The van der Waals surface area contributed by atoms with Gasteiger partial charge in [-0.25, -0.2) is 4.98 Å². The van der Waals surface area contributed by atoms with E-state index < -0.39 is 0 Å². The van der Waals surface area contributed by atoms with Crippen molar-refractivity contribution in [2.75, 3.05) is 5.32 Å². The molecule has 8 heteroatoms. The molecule has 0 saturated heterocycles. The Morgan fingerprint density at radius 2 is 2.29 bits per heavy atom. The number of aromatic amines is 1. The Morgan fingerprint density at radius 3 is 2.94 bits per heavy atom. The van der Waals surface area contributed by atoms with Gasteiger partial charge in [0.25, 0.3) is 5.56 Å². The number of rotatable bonds is 2. The largest absolute Gasteiger partial charge is 0.296 e. The molecule has 0 fully saturated rings. The molecule has 0 radical (unpaired) electrons. The molecular weight excluding hydrogens is 337 g/mol. The van der Waals surface area contributed by atoms with E-state index in [2.05, 4.69) is 20.3 Å². The number of aromatic nitrogens is 4. The third-order valence-corrected chi connectivity index (χ3v) is 2.84. The molecule has 0 saturated carbocycles. The first kappa shape index (κ1) is 12.0. The lowest BCUT2D eigenvalue weighted by atomic mass is 10.2. The molecule has 2 rings (SSSR count). The van der Waals surface area contributed by atoms with Crippen LogP contribution in [0.4, 0.5) is 5.95 Å². The molecule has 0 aliphatic rings. The van der Waals surface area contributed by atoms with Crippen LogP contribution in [0.15, 0.2) is 11.1 Å². The van der Waals surface area contributed by atoms with Gasteiger partial charge in [0, 0.05) is 5.92 Å². The van der Waals surface area contributed by atoms with Crippen molar-refractivity contribution in [1.29, 1.82) is 0 Å². The second-order valence-corrected chi connectivity index (χ2v) is 4.83. The Kier molecular flexibility index (Phi) is 3.13. The van der Waals surface area contributed by atoms with Crippen LogP contribution in [0.3, 0.4) is 0 Å². The number of fused-ring (bicyclic) bond motifs is 1. The average molecular weight is 347 g/mol. The number of halogens is 1. The number of amides is 1. The summed E-state index contributed by atoms with van der Waals surface area (Å²) in [4.78, 5) is 33.6. The summed E-state index contributed by atoms with van der Waals surface area (Å²) in [5.74, 6) is -0.243. The smallest absolute Gasteiger partial charge is 0.280 e. The molecule has 0 unspecified atom stereocenters. The number of hydrogen-bond acceptors (Lipinski definition) is 4. The van der Waals surface area contributed by atoms with Crippen molar-refractivity contribution >= 4 is 45.9 Å². The van der Waals surface area contributed by atoms with E-state index in [0.29, 0.717) is 5.65 Å². The number of hydrogen-bond donors (Lipinski definition) is 2. The van der Waals surface area contributed by atoms with Gasteiger partial charge in [-0.15, -0.1) is 0 Å². The zero-order chi connectivity index (χ0) is 12.6. The van der Waals surface area contributed by atoms with Gasteiger partial charge in [0.1, 0.15) is 6.33 Å². The highest BCUT2D eigenvalue weighted by atomic mass is 127. The maximum atomic E-state index is 11.6. The van der Waals surface area contributed by atoms with Crippen LogP contribution in [0.2, 0.25) is 0 Å². The Balaban J connectivity index is 2.46. The number of imidazole rings is 1. The van der Waals surface area contributed by atoms with Crippen LogP contribution in [-0.4, -0.2) is 23.6 Å². The molecule has 0 atom stereocenters. The molecule has 1 amide bonds. The number of H-pyrrole nitrogens is 1. The number of carbonyl (C=O) groups excluding carboxylic acids is 1. The van der Waals surface area contributed by atoms with Gasteiger partial charge >= 0.3 is 0 Å². The molecule has 2 heterocycles. The molecule has 0 spiro atoms. The van der Waals surface area contributed by atoms with E-state index in [1.54, 1.807) is 16.6 Å². The number of carbonyl (C=O) groups is 1. The van der Waals surface area contributed by atoms with Crippen molar-refractivity contribution in [2.45, 2.75) is 13.8 Å². The van der Waals surface area contributed by atoms with E-state index >= 15 is 0 Å².